The van der Waals surface area contributed by atoms with Crippen LogP contribution in [0.25, 0.3) is 0 Å². The van der Waals surface area contributed by atoms with Gasteiger partial charge in [0, 0.05) is 16.8 Å². The molecule has 0 saturated heterocycles. The Hall–Kier alpha value is -2.04. The quantitative estimate of drug-likeness (QED) is 0.659. The maximum atomic E-state index is 5.89. The molecule has 2 aromatic carbocycles. The summed E-state index contributed by atoms with van der Waals surface area (Å²) in [4.78, 5) is 5.15. The molecule has 3 nitrogen and oxygen atoms in total. The van der Waals surface area contributed by atoms with Crippen molar-refractivity contribution in [3.8, 4) is 5.75 Å². The van der Waals surface area contributed by atoms with Crippen LogP contribution in [0.15, 0.2) is 54.7 Å². The number of rotatable bonds is 6. The number of ether oxygens (including phenoxy) is 1. The number of thiazole rings is 1. The van der Waals surface area contributed by atoms with Crippen LogP contribution in [0.2, 0.25) is 4.47 Å². The minimum absolute atomic E-state index is 0.572. The highest BCUT2D eigenvalue weighted by Gasteiger charge is 2.03. The number of anilines is 1. The molecule has 1 heterocycles. The summed E-state index contributed by atoms with van der Waals surface area (Å²) in [5.41, 5.74) is 3.32. The Morgan fingerprint density at radius 3 is 2.70 bits per heavy atom. The van der Waals surface area contributed by atoms with Crippen LogP contribution < -0.4 is 10.1 Å². The van der Waals surface area contributed by atoms with Crippen molar-refractivity contribution in [2.24, 2.45) is 0 Å². The van der Waals surface area contributed by atoms with Gasteiger partial charge in [0.15, 0.2) is 4.47 Å². The molecule has 0 aliphatic carbocycles. The summed E-state index contributed by atoms with van der Waals surface area (Å²) in [6, 6.07) is 16.3. The Morgan fingerprint density at radius 1 is 1.17 bits per heavy atom. The van der Waals surface area contributed by atoms with E-state index in [0.29, 0.717) is 17.6 Å². The van der Waals surface area contributed by atoms with Gasteiger partial charge in [-0.3, -0.25) is 0 Å². The SMILES string of the molecule is Cc1cc(NCc2cnc(Cl)s2)ccc1OCc1ccccc1. The number of hydrogen-bond acceptors (Lipinski definition) is 4. The van der Waals surface area contributed by atoms with Crippen molar-refractivity contribution in [1.82, 2.24) is 4.98 Å². The Morgan fingerprint density at radius 2 is 2.00 bits per heavy atom. The average Bonchev–Trinajstić information content (AvgIpc) is 2.98. The zero-order chi connectivity index (χ0) is 16.1. The van der Waals surface area contributed by atoms with Crippen molar-refractivity contribution in [2.75, 3.05) is 5.32 Å². The first-order chi connectivity index (χ1) is 11.2. The first-order valence-corrected chi connectivity index (χ1v) is 8.51. The van der Waals surface area contributed by atoms with Crippen molar-refractivity contribution in [3.63, 3.8) is 0 Å². The molecule has 1 aromatic heterocycles. The lowest BCUT2D eigenvalue weighted by Gasteiger charge is -2.11. The van der Waals surface area contributed by atoms with Crippen molar-refractivity contribution in [1.29, 1.82) is 0 Å². The van der Waals surface area contributed by atoms with E-state index in [1.807, 2.05) is 30.3 Å². The summed E-state index contributed by atoms with van der Waals surface area (Å²) in [6.45, 7) is 3.34. The van der Waals surface area contributed by atoms with Gasteiger partial charge in [-0.1, -0.05) is 41.9 Å². The van der Waals surface area contributed by atoms with E-state index in [4.69, 9.17) is 16.3 Å². The Labute approximate surface area is 144 Å². The fraction of sp³-hybridized carbons (Fsp3) is 0.167. The van der Waals surface area contributed by atoms with Crippen molar-refractivity contribution in [2.45, 2.75) is 20.1 Å². The minimum Gasteiger partial charge on any atom is -0.489 e. The van der Waals surface area contributed by atoms with E-state index in [1.165, 1.54) is 11.3 Å². The van der Waals surface area contributed by atoms with Crippen LogP contribution in [0.4, 0.5) is 5.69 Å². The largest absolute Gasteiger partial charge is 0.489 e. The minimum atomic E-state index is 0.572. The molecule has 3 rings (SSSR count). The van der Waals surface area contributed by atoms with Crippen LogP contribution in [-0.4, -0.2) is 4.98 Å². The molecule has 0 radical (unpaired) electrons. The van der Waals surface area contributed by atoms with Crippen LogP contribution in [0.3, 0.4) is 0 Å². The van der Waals surface area contributed by atoms with Gasteiger partial charge >= 0.3 is 0 Å². The monoisotopic (exact) mass is 344 g/mol. The lowest BCUT2D eigenvalue weighted by molar-refractivity contribution is 0.304. The molecule has 0 aliphatic heterocycles. The molecule has 118 valence electrons. The van der Waals surface area contributed by atoms with Gasteiger partial charge in [0.05, 0.1) is 6.54 Å². The van der Waals surface area contributed by atoms with Gasteiger partial charge in [0.25, 0.3) is 0 Å². The van der Waals surface area contributed by atoms with Crippen molar-refractivity contribution in [3.05, 3.63) is 75.2 Å². The van der Waals surface area contributed by atoms with E-state index in [-0.39, 0.29) is 0 Å². The summed E-state index contributed by atoms with van der Waals surface area (Å²) < 4.78 is 6.46. The molecular formula is C18H17ClN2OS. The number of aromatic nitrogens is 1. The predicted octanol–water partition coefficient (Wildman–Crippen LogP) is 5.30. The van der Waals surface area contributed by atoms with Crippen LogP contribution in [0.5, 0.6) is 5.75 Å². The number of nitrogens with one attached hydrogen (secondary N) is 1. The standard InChI is InChI=1S/C18H17ClN2OS/c1-13-9-15(20-10-16-11-21-18(19)23-16)7-8-17(13)22-12-14-5-3-2-4-6-14/h2-9,11,20H,10,12H2,1H3. The molecule has 5 heteroatoms. The smallest absolute Gasteiger partial charge is 0.183 e. The highest BCUT2D eigenvalue weighted by atomic mass is 35.5. The summed E-state index contributed by atoms with van der Waals surface area (Å²) in [6.07, 6.45) is 1.80. The number of benzene rings is 2. The molecule has 0 saturated carbocycles. The fourth-order valence-corrected chi connectivity index (χ4v) is 3.13. The van der Waals surface area contributed by atoms with E-state index in [2.05, 4.69) is 35.4 Å². The maximum Gasteiger partial charge on any atom is 0.183 e. The number of halogens is 1. The molecule has 1 N–H and O–H groups in total. The van der Waals surface area contributed by atoms with Gasteiger partial charge in [-0.05, 0) is 36.2 Å². The fourth-order valence-electron chi connectivity index (χ4n) is 2.21. The van der Waals surface area contributed by atoms with Gasteiger partial charge in [0.2, 0.25) is 0 Å². The number of aryl methyl sites for hydroxylation is 1. The van der Waals surface area contributed by atoms with Gasteiger partial charge in [0.1, 0.15) is 12.4 Å². The third kappa shape index (κ3) is 4.47. The third-order valence-corrected chi connectivity index (χ3v) is 4.52. The second-order valence-corrected chi connectivity index (χ2v) is 6.88. The Kier molecular flexibility index (Phi) is 5.16. The highest BCUT2D eigenvalue weighted by molar-refractivity contribution is 7.15. The molecule has 0 amide bonds. The molecule has 0 bridgehead atoms. The molecule has 23 heavy (non-hydrogen) atoms. The molecule has 0 spiro atoms. The van der Waals surface area contributed by atoms with Crippen LogP contribution in [0, 0.1) is 6.92 Å². The summed E-state index contributed by atoms with van der Waals surface area (Å²) in [7, 11) is 0. The zero-order valence-corrected chi connectivity index (χ0v) is 14.3. The molecule has 0 fully saturated rings. The van der Waals surface area contributed by atoms with Gasteiger partial charge < -0.3 is 10.1 Å². The molecular weight excluding hydrogens is 328 g/mol. The second-order valence-electron chi connectivity index (χ2n) is 5.19. The summed E-state index contributed by atoms with van der Waals surface area (Å²) in [5, 5.41) is 3.37. The first-order valence-electron chi connectivity index (χ1n) is 7.32. The summed E-state index contributed by atoms with van der Waals surface area (Å²) in [5.74, 6) is 0.903. The molecule has 0 unspecified atom stereocenters. The normalized spacial score (nSPS) is 10.5. The van der Waals surface area contributed by atoms with E-state index < -0.39 is 0 Å². The highest BCUT2D eigenvalue weighted by Crippen LogP contribution is 2.24. The lowest BCUT2D eigenvalue weighted by Crippen LogP contribution is -2.00. The van der Waals surface area contributed by atoms with E-state index in [9.17, 15) is 0 Å². The van der Waals surface area contributed by atoms with Crippen LogP contribution in [0.1, 0.15) is 16.0 Å². The average molecular weight is 345 g/mol. The van der Waals surface area contributed by atoms with Crippen LogP contribution in [-0.2, 0) is 13.2 Å². The van der Waals surface area contributed by atoms with Gasteiger partial charge in [-0.15, -0.1) is 11.3 Å². The molecule has 0 atom stereocenters. The zero-order valence-electron chi connectivity index (χ0n) is 12.8. The van der Waals surface area contributed by atoms with Crippen LogP contribution >= 0.6 is 22.9 Å². The van der Waals surface area contributed by atoms with E-state index >= 15 is 0 Å². The first kappa shape index (κ1) is 15.8. The summed E-state index contributed by atoms with van der Waals surface area (Å²) >= 11 is 7.32. The predicted molar refractivity (Wildman–Crippen MR) is 96.4 cm³/mol. The van der Waals surface area contributed by atoms with Gasteiger partial charge in [-0.25, -0.2) is 4.98 Å². The Balaban J connectivity index is 1.59. The van der Waals surface area contributed by atoms with E-state index in [0.717, 1.165) is 27.4 Å². The number of nitrogens with zero attached hydrogens (tertiary/aromatic N) is 1. The third-order valence-electron chi connectivity index (χ3n) is 3.40. The lowest BCUT2D eigenvalue weighted by atomic mass is 10.2. The van der Waals surface area contributed by atoms with Gasteiger partial charge in [-0.2, -0.15) is 0 Å². The molecule has 0 aliphatic rings. The van der Waals surface area contributed by atoms with E-state index in [1.54, 1.807) is 6.20 Å². The number of hydrogen-bond donors (Lipinski definition) is 1. The van der Waals surface area contributed by atoms with Crippen molar-refractivity contribution >= 4 is 28.6 Å². The Bertz CT molecular complexity index is 774. The maximum absolute atomic E-state index is 5.89. The topological polar surface area (TPSA) is 34.2 Å². The molecule has 3 aromatic rings. The second kappa shape index (κ2) is 7.49. The van der Waals surface area contributed by atoms with Crippen molar-refractivity contribution < 1.29 is 4.74 Å².